The molecule has 0 bridgehead atoms. The molecule has 0 fully saturated rings. The lowest BCUT2D eigenvalue weighted by molar-refractivity contribution is 0.616. The molecule has 0 aliphatic carbocycles. The summed E-state index contributed by atoms with van der Waals surface area (Å²) in [5.74, 6) is -0.305. The van der Waals surface area contributed by atoms with Gasteiger partial charge in [-0.25, -0.2) is 4.39 Å². The van der Waals surface area contributed by atoms with Crippen molar-refractivity contribution in [1.29, 1.82) is 0 Å². The minimum atomic E-state index is -0.305. The third-order valence-electron chi connectivity index (χ3n) is 2.74. The van der Waals surface area contributed by atoms with Crippen molar-refractivity contribution < 1.29 is 4.39 Å². The van der Waals surface area contributed by atoms with Gasteiger partial charge in [0, 0.05) is 11.9 Å². The number of para-hydroxylation sites is 1. The van der Waals surface area contributed by atoms with Gasteiger partial charge < -0.3 is 5.32 Å². The van der Waals surface area contributed by atoms with Gasteiger partial charge in [-0.05, 0) is 37.1 Å². The van der Waals surface area contributed by atoms with Crippen LogP contribution in [0, 0.1) is 12.7 Å². The Balaban J connectivity index is 2.17. The lowest BCUT2D eigenvalue weighted by atomic mass is 10.1. The van der Waals surface area contributed by atoms with Gasteiger partial charge in [-0.2, -0.15) is 0 Å². The van der Waals surface area contributed by atoms with Gasteiger partial charge in [-0.3, -0.25) is 4.98 Å². The van der Waals surface area contributed by atoms with Gasteiger partial charge in [0.05, 0.1) is 12.2 Å². The quantitative estimate of drug-likeness (QED) is 0.869. The zero-order valence-electron chi connectivity index (χ0n) is 9.94. The summed E-state index contributed by atoms with van der Waals surface area (Å²) in [5, 5.41) is 3.35. The highest BCUT2D eigenvalue weighted by atomic mass is 19.1. The van der Waals surface area contributed by atoms with Crippen molar-refractivity contribution in [2.75, 3.05) is 5.32 Å². The average molecular weight is 230 g/mol. The molecule has 3 heteroatoms. The fourth-order valence-corrected chi connectivity index (χ4v) is 1.72. The van der Waals surface area contributed by atoms with Crippen LogP contribution in [0.25, 0.3) is 0 Å². The van der Waals surface area contributed by atoms with Crippen LogP contribution in [0.5, 0.6) is 0 Å². The SMILES string of the molecule is Cc1ccccc1NC(C)c1cncc(F)c1. The van der Waals surface area contributed by atoms with E-state index >= 15 is 0 Å². The summed E-state index contributed by atoms with van der Waals surface area (Å²) in [4.78, 5) is 3.85. The molecular formula is C14H15FN2. The largest absolute Gasteiger partial charge is 0.378 e. The number of aryl methyl sites for hydroxylation is 1. The number of aromatic nitrogens is 1. The molecule has 88 valence electrons. The lowest BCUT2D eigenvalue weighted by Crippen LogP contribution is -2.08. The first-order chi connectivity index (χ1) is 8.16. The van der Waals surface area contributed by atoms with E-state index in [9.17, 15) is 4.39 Å². The van der Waals surface area contributed by atoms with Crippen molar-refractivity contribution in [2.45, 2.75) is 19.9 Å². The normalized spacial score (nSPS) is 12.2. The monoisotopic (exact) mass is 230 g/mol. The summed E-state index contributed by atoms with van der Waals surface area (Å²) < 4.78 is 13.1. The number of benzene rings is 1. The number of nitrogens with one attached hydrogen (secondary N) is 1. The van der Waals surface area contributed by atoms with Crippen LogP contribution in [0.1, 0.15) is 24.1 Å². The van der Waals surface area contributed by atoms with E-state index in [4.69, 9.17) is 0 Å². The second kappa shape index (κ2) is 4.95. The first-order valence-corrected chi connectivity index (χ1v) is 5.59. The van der Waals surface area contributed by atoms with E-state index in [0.29, 0.717) is 0 Å². The number of halogens is 1. The summed E-state index contributed by atoms with van der Waals surface area (Å²) in [6.45, 7) is 4.03. The Morgan fingerprint density at radius 2 is 2.00 bits per heavy atom. The summed E-state index contributed by atoms with van der Waals surface area (Å²) in [5.41, 5.74) is 3.07. The highest BCUT2D eigenvalue weighted by Gasteiger charge is 2.07. The standard InChI is InChI=1S/C14H15FN2/c1-10-5-3-4-6-14(10)17-11(2)12-7-13(15)9-16-8-12/h3-9,11,17H,1-2H3. The Morgan fingerprint density at radius 3 is 2.71 bits per heavy atom. The number of hydrogen-bond acceptors (Lipinski definition) is 2. The van der Waals surface area contributed by atoms with Gasteiger partial charge in [0.1, 0.15) is 5.82 Å². The third kappa shape index (κ3) is 2.81. The molecule has 1 N–H and O–H groups in total. The average Bonchev–Trinajstić information content (AvgIpc) is 2.32. The zero-order valence-corrected chi connectivity index (χ0v) is 9.94. The molecule has 0 amide bonds. The molecule has 0 saturated carbocycles. The fourth-order valence-electron chi connectivity index (χ4n) is 1.72. The molecule has 0 aliphatic heterocycles. The summed E-state index contributed by atoms with van der Waals surface area (Å²) >= 11 is 0. The van der Waals surface area contributed by atoms with Gasteiger partial charge >= 0.3 is 0 Å². The molecule has 1 aromatic heterocycles. The number of anilines is 1. The first-order valence-electron chi connectivity index (χ1n) is 5.59. The maximum atomic E-state index is 13.1. The van der Waals surface area contributed by atoms with Crippen LogP contribution in [0.4, 0.5) is 10.1 Å². The summed E-state index contributed by atoms with van der Waals surface area (Å²) in [6, 6.07) is 9.56. The van der Waals surface area contributed by atoms with Gasteiger partial charge in [-0.1, -0.05) is 18.2 Å². The lowest BCUT2D eigenvalue weighted by Gasteiger charge is -2.17. The Labute approximate surface area is 101 Å². The smallest absolute Gasteiger partial charge is 0.141 e. The zero-order chi connectivity index (χ0) is 12.3. The van der Waals surface area contributed by atoms with Crippen molar-refractivity contribution >= 4 is 5.69 Å². The van der Waals surface area contributed by atoms with E-state index in [2.05, 4.69) is 10.3 Å². The molecule has 1 unspecified atom stereocenters. The molecule has 1 atom stereocenters. The molecule has 0 spiro atoms. The molecule has 2 aromatic rings. The fraction of sp³-hybridized carbons (Fsp3) is 0.214. The topological polar surface area (TPSA) is 24.9 Å². The van der Waals surface area contributed by atoms with E-state index in [1.165, 1.54) is 17.8 Å². The van der Waals surface area contributed by atoms with Crippen molar-refractivity contribution in [3.8, 4) is 0 Å². The second-order valence-corrected chi connectivity index (χ2v) is 4.12. The number of rotatable bonds is 3. The van der Waals surface area contributed by atoms with Gasteiger partial charge in [-0.15, -0.1) is 0 Å². The summed E-state index contributed by atoms with van der Waals surface area (Å²) in [7, 11) is 0. The Hall–Kier alpha value is -1.90. The van der Waals surface area contributed by atoms with Crippen LogP contribution < -0.4 is 5.32 Å². The first kappa shape index (κ1) is 11.6. The van der Waals surface area contributed by atoms with E-state index in [0.717, 1.165) is 11.3 Å². The van der Waals surface area contributed by atoms with Crippen LogP contribution in [0.2, 0.25) is 0 Å². The van der Waals surface area contributed by atoms with Crippen molar-refractivity contribution in [3.05, 3.63) is 59.7 Å². The molecule has 1 aromatic carbocycles. The number of pyridine rings is 1. The maximum Gasteiger partial charge on any atom is 0.141 e. The van der Waals surface area contributed by atoms with Crippen molar-refractivity contribution in [2.24, 2.45) is 0 Å². The Kier molecular flexibility index (Phi) is 3.38. The van der Waals surface area contributed by atoms with Gasteiger partial charge in [0.2, 0.25) is 0 Å². The second-order valence-electron chi connectivity index (χ2n) is 4.12. The predicted octanol–water partition coefficient (Wildman–Crippen LogP) is 3.70. The molecule has 17 heavy (non-hydrogen) atoms. The molecule has 0 aliphatic rings. The van der Waals surface area contributed by atoms with Crippen molar-refractivity contribution in [1.82, 2.24) is 4.98 Å². The molecule has 1 heterocycles. The van der Waals surface area contributed by atoms with Crippen LogP contribution >= 0.6 is 0 Å². The van der Waals surface area contributed by atoms with Crippen molar-refractivity contribution in [3.63, 3.8) is 0 Å². The van der Waals surface area contributed by atoms with Gasteiger partial charge in [0.15, 0.2) is 0 Å². The van der Waals surface area contributed by atoms with E-state index < -0.39 is 0 Å². The maximum absolute atomic E-state index is 13.1. The van der Waals surface area contributed by atoms with Crippen LogP contribution in [0.15, 0.2) is 42.7 Å². The van der Waals surface area contributed by atoms with Gasteiger partial charge in [0.25, 0.3) is 0 Å². The Morgan fingerprint density at radius 1 is 1.24 bits per heavy atom. The molecule has 0 saturated heterocycles. The predicted molar refractivity (Wildman–Crippen MR) is 67.4 cm³/mol. The van der Waals surface area contributed by atoms with E-state index in [-0.39, 0.29) is 11.9 Å². The van der Waals surface area contributed by atoms with Crippen LogP contribution in [-0.2, 0) is 0 Å². The van der Waals surface area contributed by atoms with E-state index in [1.807, 2.05) is 38.1 Å². The Bertz CT molecular complexity index is 511. The highest BCUT2D eigenvalue weighted by Crippen LogP contribution is 2.21. The minimum absolute atomic E-state index is 0.0271. The van der Waals surface area contributed by atoms with E-state index in [1.54, 1.807) is 6.20 Å². The molecule has 0 radical (unpaired) electrons. The van der Waals surface area contributed by atoms with Crippen LogP contribution in [-0.4, -0.2) is 4.98 Å². The third-order valence-corrected chi connectivity index (χ3v) is 2.74. The number of hydrogen-bond donors (Lipinski definition) is 1. The minimum Gasteiger partial charge on any atom is -0.378 e. The highest BCUT2D eigenvalue weighted by molar-refractivity contribution is 5.51. The molecule has 2 rings (SSSR count). The molecular weight excluding hydrogens is 215 g/mol. The molecule has 2 nitrogen and oxygen atoms in total. The van der Waals surface area contributed by atoms with Crippen LogP contribution in [0.3, 0.4) is 0 Å². The number of nitrogens with zero attached hydrogens (tertiary/aromatic N) is 1. The summed E-state index contributed by atoms with van der Waals surface area (Å²) in [6.07, 6.45) is 2.89.